The number of hydrogen-bond acceptors (Lipinski definition) is 2. The number of amides is 1. The van der Waals surface area contributed by atoms with Crippen molar-refractivity contribution in [2.24, 2.45) is 0 Å². The Morgan fingerprint density at radius 1 is 1.29 bits per heavy atom. The van der Waals surface area contributed by atoms with Crippen LogP contribution in [0.3, 0.4) is 0 Å². The fourth-order valence-electron chi connectivity index (χ4n) is 1.75. The zero-order valence-electron chi connectivity index (χ0n) is 8.26. The number of para-hydroxylation sites is 1. The number of rotatable bonds is 1. The third-order valence-corrected chi connectivity index (χ3v) is 2.49. The molecule has 74 valence electrons. The Bertz CT molecular complexity index is 360. The van der Waals surface area contributed by atoms with Crippen molar-refractivity contribution in [1.29, 1.82) is 0 Å². The molecule has 1 aliphatic rings. The molecule has 1 aromatic rings. The summed E-state index contributed by atoms with van der Waals surface area (Å²) < 4.78 is 0. The van der Waals surface area contributed by atoms with Crippen LogP contribution in [0, 0.1) is 0 Å². The van der Waals surface area contributed by atoms with E-state index in [1.807, 2.05) is 12.1 Å². The van der Waals surface area contributed by atoms with Crippen LogP contribution in [-0.4, -0.2) is 19.0 Å². The highest BCUT2D eigenvalue weighted by atomic mass is 16.1. The maximum absolute atomic E-state index is 11.6. The van der Waals surface area contributed by atoms with Gasteiger partial charge in [-0.05, 0) is 18.1 Å². The SMILES string of the molecule is CCc1cccc2c1NCCNC2=O. The van der Waals surface area contributed by atoms with Crippen molar-refractivity contribution in [3.63, 3.8) is 0 Å². The number of nitrogens with one attached hydrogen (secondary N) is 2. The molecule has 0 aromatic heterocycles. The van der Waals surface area contributed by atoms with E-state index >= 15 is 0 Å². The Morgan fingerprint density at radius 3 is 2.86 bits per heavy atom. The predicted molar refractivity (Wildman–Crippen MR) is 56.6 cm³/mol. The molecule has 0 bridgehead atoms. The summed E-state index contributed by atoms with van der Waals surface area (Å²) in [6.07, 6.45) is 0.948. The molecule has 0 aliphatic carbocycles. The molecule has 2 N–H and O–H groups in total. The lowest BCUT2D eigenvalue weighted by molar-refractivity contribution is 0.0958. The molecule has 0 saturated carbocycles. The molecule has 14 heavy (non-hydrogen) atoms. The third-order valence-electron chi connectivity index (χ3n) is 2.49. The summed E-state index contributed by atoms with van der Waals surface area (Å²) in [5, 5.41) is 6.14. The van der Waals surface area contributed by atoms with Gasteiger partial charge in [0, 0.05) is 13.1 Å². The van der Waals surface area contributed by atoms with Crippen LogP contribution in [0.1, 0.15) is 22.8 Å². The summed E-state index contributed by atoms with van der Waals surface area (Å²) >= 11 is 0. The molecular weight excluding hydrogens is 176 g/mol. The second-order valence-corrected chi connectivity index (χ2v) is 3.38. The zero-order chi connectivity index (χ0) is 9.97. The molecule has 2 rings (SSSR count). The number of carbonyl (C=O) groups is 1. The van der Waals surface area contributed by atoms with Crippen LogP contribution in [0.4, 0.5) is 5.69 Å². The molecule has 0 fully saturated rings. The Kier molecular flexibility index (Phi) is 2.39. The number of fused-ring (bicyclic) bond motifs is 1. The van der Waals surface area contributed by atoms with Crippen molar-refractivity contribution in [2.75, 3.05) is 18.4 Å². The quantitative estimate of drug-likeness (QED) is 0.703. The van der Waals surface area contributed by atoms with E-state index in [-0.39, 0.29) is 5.91 Å². The van der Waals surface area contributed by atoms with Crippen molar-refractivity contribution < 1.29 is 4.79 Å². The number of benzene rings is 1. The lowest BCUT2D eigenvalue weighted by atomic mass is 10.0. The van der Waals surface area contributed by atoms with Crippen LogP contribution in [0.5, 0.6) is 0 Å². The lowest BCUT2D eigenvalue weighted by Crippen LogP contribution is -2.24. The molecule has 0 spiro atoms. The van der Waals surface area contributed by atoms with Gasteiger partial charge in [-0.2, -0.15) is 0 Å². The van der Waals surface area contributed by atoms with Gasteiger partial charge in [-0.3, -0.25) is 4.79 Å². The minimum Gasteiger partial charge on any atom is -0.382 e. The highest BCUT2D eigenvalue weighted by Gasteiger charge is 2.15. The molecule has 3 nitrogen and oxygen atoms in total. The van der Waals surface area contributed by atoms with Crippen LogP contribution in [0.15, 0.2) is 18.2 Å². The fourth-order valence-corrected chi connectivity index (χ4v) is 1.75. The topological polar surface area (TPSA) is 41.1 Å². The first kappa shape index (κ1) is 9.06. The van der Waals surface area contributed by atoms with Gasteiger partial charge in [0.05, 0.1) is 11.3 Å². The van der Waals surface area contributed by atoms with E-state index in [0.717, 1.165) is 24.2 Å². The third kappa shape index (κ3) is 1.45. The highest BCUT2D eigenvalue weighted by Crippen LogP contribution is 2.22. The molecule has 3 heteroatoms. The first-order valence-electron chi connectivity index (χ1n) is 4.97. The minimum absolute atomic E-state index is 0.0281. The van der Waals surface area contributed by atoms with Crippen molar-refractivity contribution in [3.8, 4) is 0 Å². The summed E-state index contributed by atoms with van der Waals surface area (Å²) in [5.74, 6) is 0.0281. The van der Waals surface area contributed by atoms with E-state index in [1.54, 1.807) is 0 Å². The van der Waals surface area contributed by atoms with Crippen LogP contribution in [0.2, 0.25) is 0 Å². The maximum Gasteiger partial charge on any atom is 0.253 e. The molecular formula is C11H14N2O. The van der Waals surface area contributed by atoms with Gasteiger partial charge in [0.15, 0.2) is 0 Å². The van der Waals surface area contributed by atoms with Gasteiger partial charge in [-0.25, -0.2) is 0 Å². The largest absolute Gasteiger partial charge is 0.382 e. The van der Waals surface area contributed by atoms with Gasteiger partial charge in [0.25, 0.3) is 5.91 Å². The summed E-state index contributed by atoms with van der Waals surface area (Å²) in [7, 11) is 0. The summed E-state index contributed by atoms with van der Waals surface area (Å²) in [6, 6.07) is 5.86. The van der Waals surface area contributed by atoms with E-state index in [9.17, 15) is 4.79 Å². The van der Waals surface area contributed by atoms with Crippen molar-refractivity contribution in [2.45, 2.75) is 13.3 Å². The van der Waals surface area contributed by atoms with E-state index < -0.39 is 0 Å². The molecule has 1 heterocycles. The van der Waals surface area contributed by atoms with Gasteiger partial charge >= 0.3 is 0 Å². The van der Waals surface area contributed by atoms with Crippen LogP contribution >= 0.6 is 0 Å². The highest BCUT2D eigenvalue weighted by molar-refractivity contribution is 6.00. The lowest BCUT2D eigenvalue weighted by Gasteiger charge is -2.10. The second kappa shape index (κ2) is 3.70. The van der Waals surface area contributed by atoms with Gasteiger partial charge in [0.2, 0.25) is 0 Å². The number of aryl methyl sites for hydroxylation is 1. The molecule has 0 saturated heterocycles. The van der Waals surface area contributed by atoms with Crippen molar-refractivity contribution in [3.05, 3.63) is 29.3 Å². The average molecular weight is 190 g/mol. The molecule has 1 amide bonds. The summed E-state index contributed by atoms with van der Waals surface area (Å²) in [4.78, 5) is 11.6. The first-order chi connectivity index (χ1) is 6.83. The second-order valence-electron chi connectivity index (χ2n) is 3.38. The van der Waals surface area contributed by atoms with Gasteiger partial charge in [0.1, 0.15) is 0 Å². The Hall–Kier alpha value is -1.51. The Balaban J connectivity index is 2.51. The van der Waals surface area contributed by atoms with E-state index in [4.69, 9.17) is 0 Å². The number of hydrogen-bond donors (Lipinski definition) is 2. The molecule has 1 aliphatic heterocycles. The first-order valence-corrected chi connectivity index (χ1v) is 4.97. The van der Waals surface area contributed by atoms with Crippen LogP contribution in [-0.2, 0) is 6.42 Å². The Morgan fingerprint density at radius 2 is 2.07 bits per heavy atom. The molecule has 0 unspecified atom stereocenters. The minimum atomic E-state index is 0.0281. The predicted octanol–water partition coefficient (Wildman–Crippen LogP) is 1.40. The maximum atomic E-state index is 11.6. The standard InChI is InChI=1S/C11H14N2O/c1-2-8-4-3-5-9-10(8)12-6-7-13-11(9)14/h3-5,12H,2,6-7H2,1H3,(H,13,14). The van der Waals surface area contributed by atoms with Crippen molar-refractivity contribution in [1.82, 2.24) is 5.32 Å². The zero-order valence-corrected chi connectivity index (χ0v) is 8.26. The van der Waals surface area contributed by atoms with Crippen molar-refractivity contribution >= 4 is 11.6 Å². The van der Waals surface area contributed by atoms with Crippen LogP contribution < -0.4 is 10.6 Å². The Labute approximate surface area is 83.5 Å². The monoisotopic (exact) mass is 190 g/mol. The summed E-state index contributed by atoms with van der Waals surface area (Å²) in [6.45, 7) is 3.59. The molecule has 1 aromatic carbocycles. The van der Waals surface area contributed by atoms with E-state index in [1.165, 1.54) is 5.56 Å². The van der Waals surface area contributed by atoms with Gasteiger partial charge < -0.3 is 10.6 Å². The average Bonchev–Trinajstić information content (AvgIpc) is 2.41. The van der Waals surface area contributed by atoms with E-state index in [2.05, 4.69) is 23.6 Å². The number of carbonyl (C=O) groups excluding carboxylic acids is 1. The fraction of sp³-hybridized carbons (Fsp3) is 0.364. The van der Waals surface area contributed by atoms with Gasteiger partial charge in [-0.15, -0.1) is 0 Å². The smallest absolute Gasteiger partial charge is 0.253 e. The van der Waals surface area contributed by atoms with E-state index in [0.29, 0.717) is 6.54 Å². The van der Waals surface area contributed by atoms with Gasteiger partial charge in [-0.1, -0.05) is 19.1 Å². The molecule has 0 radical (unpaired) electrons. The molecule has 0 atom stereocenters. The summed E-state index contributed by atoms with van der Waals surface area (Å²) in [5.41, 5.74) is 2.98. The number of anilines is 1. The normalized spacial score (nSPS) is 15.1. The van der Waals surface area contributed by atoms with Crippen LogP contribution in [0.25, 0.3) is 0 Å².